The molecule has 1 aliphatic carbocycles. The van der Waals surface area contributed by atoms with Crippen LogP contribution in [0.1, 0.15) is 23.6 Å². The quantitative estimate of drug-likeness (QED) is 0.380. The van der Waals surface area contributed by atoms with Crippen LogP contribution in [0.25, 0.3) is 43.7 Å². The van der Waals surface area contributed by atoms with Gasteiger partial charge in [0, 0.05) is 46.5 Å². The second-order valence-electron chi connectivity index (χ2n) is 7.51. The molecule has 0 unspecified atom stereocenters. The first kappa shape index (κ1) is 15.8. The summed E-state index contributed by atoms with van der Waals surface area (Å²) in [6, 6.07) is 15.0. The molecule has 138 valence electrons. The van der Waals surface area contributed by atoms with E-state index < -0.39 is 0 Å². The molecule has 0 spiro atoms. The van der Waals surface area contributed by atoms with Gasteiger partial charge in [-0.3, -0.25) is 0 Å². The van der Waals surface area contributed by atoms with Crippen molar-refractivity contribution in [1.82, 2.24) is 9.97 Å². The van der Waals surface area contributed by atoms with Crippen molar-refractivity contribution < 1.29 is 9.84 Å². The van der Waals surface area contributed by atoms with Crippen molar-refractivity contribution in [3.05, 3.63) is 65.4 Å². The highest BCUT2D eigenvalue weighted by Gasteiger charge is 2.27. The fourth-order valence-electron chi connectivity index (χ4n) is 4.78. The molecule has 0 fully saturated rings. The molecule has 1 aliphatic rings. The number of aromatic hydroxyl groups is 1. The van der Waals surface area contributed by atoms with Gasteiger partial charge in [0.25, 0.3) is 0 Å². The minimum atomic E-state index is 0.240. The predicted molar refractivity (Wildman–Crippen MR) is 113 cm³/mol. The smallest absolute Gasteiger partial charge is 0.197 e. The normalized spacial score (nSPS) is 12.9. The number of fused-ring (bicyclic) bond motifs is 10. The number of aromatic amines is 2. The van der Waals surface area contributed by atoms with Crippen molar-refractivity contribution in [2.75, 3.05) is 6.61 Å². The first-order valence-corrected chi connectivity index (χ1v) is 9.71. The Bertz CT molecular complexity index is 1390. The van der Waals surface area contributed by atoms with Crippen molar-refractivity contribution in [3.63, 3.8) is 0 Å². The molecule has 0 amide bonds. The molecular weight excluding hydrogens is 348 g/mol. The number of benzene rings is 3. The summed E-state index contributed by atoms with van der Waals surface area (Å²) < 4.78 is 5.61. The van der Waals surface area contributed by atoms with Crippen molar-refractivity contribution in [3.8, 4) is 17.0 Å². The van der Waals surface area contributed by atoms with E-state index in [9.17, 15) is 5.11 Å². The minimum Gasteiger partial charge on any atom is -0.494 e. The van der Waals surface area contributed by atoms with E-state index in [1.165, 1.54) is 33.0 Å². The van der Waals surface area contributed by atoms with E-state index in [-0.39, 0.29) is 5.88 Å². The highest BCUT2D eigenvalue weighted by Crippen LogP contribution is 2.49. The SMILES string of the molecule is CCOCc1ccc2[nH]c3c4c(c5c(O)[nH]cc5c3c2c1)-c1ccccc1C4. The van der Waals surface area contributed by atoms with Crippen LogP contribution in [-0.2, 0) is 17.8 Å². The van der Waals surface area contributed by atoms with Crippen LogP contribution in [0.2, 0.25) is 0 Å². The van der Waals surface area contributed by atoms with E-state index in [1.807, 2.05) is 13.1 Å². The molecule has 0 saturated heterocycles. The summed E-state index contributed by atoms with van der Waals surface area (Å²) in [7, 11) is 0. The molecule has 0 saturated carbocycles. The maximum Gasteiger partial charge on any atom is 0.197 e. The third kappa shape index (κ3) is 1.98. The standard InChI is InChI=1S/C24H20N2O2/c1-2-28-12-13-7-8-19-16(9-13)21-18-11-25-24(27)22(18)20-15-6-4-3-5-14(15)10-17(20)23(21)26-19/h3-9,11,25-27H,2,10,12H2,1H3. The summed E-state index contributed by atoms with van der Waals surface area (Å²) in [6.07, 6.45) is 2.80. The van der Waals surface area contributed by atoms with E-state index in [0.717, 1.165) is 33.8 Å². The number of rotatable bonds is 3. The summed E-state index contributed by atoms with van der Waals surface area (Å²) in [4.78, 5) is 6.71. The molecule has 4 nitrogen and oxygen atoms in total. The zero-order valence-electron chi connectivity index (χ0n) is 15.6. The van der Waals surface area contributed by atoms with Crippen LogP contribution < -0.4 is 0 Å². The molecule has 28 heavy (non-hydrogen) atoms. The van der Waals surface area contributed by atoms with Gasteiger partial charge in [0.2, 0.25) is 0 Å². The van der Waals surface area contributed by atoms with Gasteiger partial charge in [-0.05, 0) is 41.3 Å². The predicted octanol–water partition coefficient (Wildman–Crippen LogP) is 5.62. The van der Waals surface area contributed by atoms with Gasteiger partial charge in [-0.2, -0.15) is 0 Å². The molecule has 6 rings (SSSR count). The van der Waals surface area contributed by atoms with Crippen molar-refractivity contribution in [1.29, 1.82) is 0 Å². The first-order chi connectivity index (χ1) is 13.8. The van der Waals surface area contributed by atoms with E-state index in [0.29, 0.717) is 13.2 Å². The third-order valence-electron chi connectivity index (χ3n) is 5.97. The van der Waals surface area contributed by atoms with Crippen LogP contribution in [0.15, 0.2) is 48.7 Å². The maximum atomic E-state index is 10.7. The minimum absolute atomic E-state index is 0.240. The van der Waals surface area contributed by atoms with E-state index >= 15 is 0 Å². The van der Waals surface area contributed by atoms with Gasteiger partial charge >= 0.3 is 0 Å². The molecule has 0 aliphatic heterocycles. The molecule has 3 aromatic carbocycles. The van der Waals surface area contributed by atoms with Gasteiger partial charge < -0.3 is 19.8 Å². The molecular formula is C24H20N2O2. The first-order valence-electron chi connectivity index (χ1n) is 9.71. The lowest BCUT2D eigenvalue weighted by Gasteiger charge is -2.07. The Morgan fingerprint density at radius 1 is 1.07 bits per heavy atom. The van der Waals surface area contributed by atoms with Crippen LogP contribution in [0, 0.1) is 0 Å². The zero-order chi connectivity index (χ0) is 18.8. The summed E-state index contributed by atoms with van der Waals surface area (Å²) in [5.74, 6) is 0.240. The van der Waals surface area contributed by atoms with Crippen LogP contribution in [-0.4, -0.2) is 21.7 Å². The number of aromatic nitrogens is 2. The van der Waals surface area contributed by atoms with Gasteiger partial charge in [-0.25, -0.2) is 0 Å². The highest BCUT2D eigenvalue weighted by molar-refractivity contribution is 6.26. The summed E-state index contributed by atoms with van der Waals surface area (Å²) in [6.45, 7) is 3.32. The van der Waals surface area contributed by atoms with Gasteiger partial charge in [0.05, 0.1) is 17.5 Å². The molecule has 4 heteroatoms. The Balaban J connectivity index is 1.75. The van der Waals surface area contributed by atoms with Crippen LogP contribution >= 0.6 is 0 Å². The lowest BCUT2D eigenvalue weighted by Crippen LogP contribution is -1.91. The number of hydrogen-bond acceptors (Lipinski definition) is 2. The molecule has 3 N–H and O–H groups in total. The van der Waals surface area contributed by atoms with Gasteiger partial charge in [0.15, 0.2) is 5.88 Å². The third-order valence-corrected chi connectivity index (χ3v) is 5.97. The Labute approximate surface area is 161 Å². The number of nitrogens with one attached hydrogen (secondary N) is 2. The van der Waals surface area contributed by atoms with Crippen molar-refractivity contribution in [2.45, 2.75) is 20.0 Å². The van der Waals surface area contributed by atoms with Crippen molar-refractivity contribution >= 4 is 32.6 Å². The van der Waals surface area contributed by atoms with Crippen LogP contribution in [0.5, 0.6) is 5.88 Å². The topological polar surface area (TPSA) is 61.0 Å². The van der Waals surface area contributed by atoms with E-state index in [2.05, 4.69) is 52.4 Å². The fourth-order valence-corrected chi connectivity index (χ4v) is 4.78. The average molecular weight is 368 g/mol. The highest BCUT2D eigenvalue weighted by atomic mass is 16.5. The monoisotopic (exact) mass is 368 g/mol. The van der Waals surface area contributed by atoms with E-state index in [4.69, 9.17) is 4.74 Å². The van der Waals surface area contributed by atoms with Gasteiger partial charge in [-0.1, -0.05) is 30.3 Å². The summed E-state index contributed by atoms with van der Waals surface area (Å²) in [5, 5.41) is 15.0. The molecule has 0 atom stereocenters. The lowest BCUT2D eigenvalue weighted by molar-refractivity contribution is 0.134. The van der Waals surface area contributed by atoms with E-state index in [1.54, 1.807) is 0 Å². The second-order valence-corrected chi connectivity index (χ2v) is 7.51. The van der Waals surface area contributed by atoms with Crippen LogP contribution in [0.3, 0.4) is 0 Å². The Morgan fingerprint density at radius 3 is 2.86 bits per heavy atom. The molecule has 2 heterocycles. The second kappa shape index (κ2) is 5.63. The summed E-state index contributed by atoms with van der Waals surface area (Å²) >= 11 is 0. The number of hydrogen-bond donors (Lipinski definition) is 3. The van der Waals surface area contributed by atoms with Gasteiger partial charge in [0.1, 0.15) is 0 Å². The average Bonchev–Trinajstić information content (AvgIpc) is 3.38. The maximum absolute atomic E-state index is 10.7. The molecule has 5 aromatic rings. The summed E-state index contributed by atoms with van der Waals surface area (Å²) in [5.41, 5.74) is 8.38. The Hall–Kier alpha value is -3.24. The molecule has 2 aromatic heterocycles. The molecule has 0 bridgehead atoms. The number of ether oxygens (including phenoxy) is 1. The Morgan fingerprint density at radius 2 is 1.96 bits per heavy atom. The van der Waals surface area contributed by atoms with Gasteiger partial charge in [-0.15, -0.1) is 0 Å². The molecule has 0 radical (unpaired) electrons. The lowest BCUT2D eigenvalue weighted by atomic mass is 9.96. The fraction of sp³-hybridized carbons (Fsp3) is 0.167. The largest absolute Gasteiger partial charge is 0.494 e. The Kier molecular flexibility index (Phi) is 3.17. The van der Waals surface area contributed by atoms with Crippen LogP contribution in [0.4, 0.5) is 0 Å². The zero-order valence-corrected chi connectivity index (χ0v) is 15.6. The van der Waals surface area contributed by atoms with Crippen molar-refractivity contribution in [2.24, 2.45) is 0 Å². The number of H-pyrrole nitrogens is 2.